The molecule has 19 heavy (non-hydrogen) atoms. The smallest absolute Gasteiger partial charge is 0.330 e. The van der Waals surface area contributed by atoms with Crippen molar-refractivity contribution in [3.05, 3.63) is 33.1 Å². The van der Waals surface area contributed by atoms with Crippen LogP contribution in [0.1, 0.15) is 6.23 Å². The van der Waals surface area contributed by atoms with E-state index in [1.165, 1.54) is 0 Å². The predicted molar refractivity (Wildman–Crippen MR) is 62.1 cm³/mol. The predicted octanol–water partition coefficient (Wildman–Crippen LogP) is -2.85. The first-order valence-corrected chi connectivity index (χ1v) is 5.40. The van der Waals surface area contributed by atoms with Gasteiger partial charge >= 0.3 is 5.69 Å². The summed E-state index contributed by atoms with van der Waals surface area (Å²) in [4.78, 5) is 24.5. The number of terminal acetylenes is 1. The van der Waals surface area contributed by atoms with Crippen molar-refractivity contribution < 1.29 is 20.1 Å². The van der Waals surface area contributed by atoms with Gasteiger partial charge in [-0.3, -0.25) is 14.3 Å². The van der Waals surface area contributed by atoms with Gasteiger partial charge in [0.25, 0.3) is 5.56 Å². The van der Waals surface area contributed by atoms with Gasteiger partial charge in [0.2, 0.25) is 0 Å². The van der Waals surface area contributed by atoms with E-state index in [1.54, 1.807) is 0 Å². The molecule has 102 valence electrons. The van der Waals surface area contributed by atoms with Crippen molar-refractivity contribution in [2.24, 2.45) is 0 Å². The Morgan fingerprint density at radius 1 is 1.58 bits per heavy atom. The zero-order valence-corrected chi connectivity index (χ0v) is 9.68. The van der Waals surface area contributed by atoms with E-state index >= 15 is 0 Å². The van der Waals surface area contributed by atoms with Gasteiger partial charge in [0.1, 0.15) is 12.2 Å². The van der Waals surface area contributed by atoms with Crippen LogP contribution in [-0.2, 0) is 4.74 Å². The Hall–Kier alpha value is -1.92. The number of rotatable bonds is 2. The van der Waals surface area contributed by atoms with E-state index in [-0.39, 0.29) is 0 Å². The minimum atomic E-state index is -2.12. The number of aliphatic hydroxyl groups excluding tert-OH is 2. The van der Waals surface area contributed by atoms with Crippen LogP contribution in [0.3, 0.4) is 0 Å². The topological polar surface area (TPSA) is 125 Å². The molecule has 1 aromatic heterocycles. The van der Waals surface area contributed by atoms with Crippen molar-refractivity contribution in [2.75, 3.05) is 6.61 Å². The lowest BCUT2D eigenvalue weighted by Gasteiger charge is -2.23. The number of nitrogens with one attached hydrogen (secondary N) is 1. The van der Waals surface area contributed by atoms with E-state index in [9.17, 15) is 19.8 Å². The largest absolute Gasteiger partial charge is 0.394 e. The van der Waals surface area contributed by atoms with E-state index in [2.05, 4.69) is 0 Å². The average Bonchev–Trinajstić information content (AvgIpc) is 2.63. The molecule has 0 saturated carbocycles. The van der Waals surface area contributed by atoms with E-state index in [0.29, 0.717) is 0 Å². The molecule has 1 fully saturated rings. The molecule has 0 bridgehead atoms. The zero-order valence-electron chi connectivity index (χ0n) is 9.68. The molecule has 0 amide bonds. The normalized spacial score (nSPS) is 34.1. The molecule has 2 heterocycles. The highest BCUT2D eigenvalue weighted by molar-refractivity contribution is 5.19. The maximum absolute atomic E-state index is 11.6. The first-order valence-electron chi connectivity index (χ1n) is 5.40. The Balaban J connectivity index is 2.46. The summed E-state index contributed by atoms with van der Waals surface area (Å²) in [5.74, 6) is 1.95. The van der Waals surface area contributed by atoms with Gasteiger partial charge in [-0.2, -0.15) is 0 Å². The van der Waals surface area contributed by atoms with E-state index in [0.717, 1.165) is 16.8 Å². The lowest BCUT2D eigenvalue weighted by Crippen LogP contribution is -2.48. The average molecular weight is 268 g/mol. The van der Waals surface area contributed by atoms with Crippen LogP contribution in [0.25, 0.3) is 0 Å². The third kappa shape index (κ3) is 1.98. The number of nitrogens with zero attached hydrogens (tertiary/aromatic N) is 1. The van der Waals surface area contributed by atoms with Crippen LogP contribution >= 0.6 is 0 Å². The van der Waals surface area contributed by atoms with Gasteiger partial charge < -0.3 is 20.1 Å². The SMILES string of the molecule is C#CC1(O)C(CO)OC(n2ccc(=O)[nH]c2=O)C1O. The van der Waals surface area contributed by atoms with Crippen LogP contribution in [0.5, 0.6) is 0 Å². The summed E-state index contributed by atoms with van der Waals surface area (Å²) in [6.07, 6.45) is 2.06. The maximum atomic E-state index is 11.6. The van der Waals surface area contributed by atoms with Crippen molar-refractivity contribution in [1.82, 2.24) is 9.55 Å². The third-order valence-electron chi connectivity index (χ3n) is 3.04. The summed E-state index contributed by atoms with van der Waals surface area (Å²) < 4.78 is 6.06. The standard InChI is InChI=1S/C11H12N2O6/c1-2-11(18)6(5-14)19-9(8(11)16)13-4-3-7(15)12-10(13)17/h1,3-4,6,8-9,14,16,18H,5H2,(H,12,15,17). The number of H-pyrrole nitrogens is 1. The molecule has 8 nitrogen and oxygen atoms in total. The molecule has 8 heteroatoms. The van der Waals surface area contributed by atoms with Gasteiger partial charge in [0, 0.05) is 12.3 Å². The molecule has 4 atom stereocenters. The van der Waals surface area contributed by atoms with Crippen molar-refractivity contribution in [3.63, 3.8) is 0 Å². The Morgan fingerprint density at radius 3 is 2.74 bits per heavy atom. The summed E-state index contributed by atoms with van der Waals surface area (Å²) in [6.45, 7) is -0.633. The molecule has 1 aliphatic heterocycles. The molecule has 4 N–H and O–H groups in total. The minimum absolute atomic E-state index is 0.611. The summed E-state index contributed by atoms with van der Waals surface area (Å²) in [6, 6.07) is 1.05. The minimum Gasteiger partial charge on any atom is -0.394 e. The fourth-order valence-corrected chi connectivity index (χ4v) is 1.96. The highest BCUT2D eigenvalue weighted by Crippen LogP contribution is 2.35. The second-order valence-electron chi connectivity index (χ2n) is 4.13. The van der Waals surface area contributed by atoms with Crippen molar-refractivity contribution >= 4 is 0 Å². The molecule has 2 rings (SSSR count). The number of aliphatic hydroxyl groups is 3. The Morgan fingerprint density at radius 2 is 2.26 bits per heavy atom. The van der Waals surface area contributed by atoms with Crippen molar-refractivity contribution in [1.29, 1.82) is 0 Å². The molecule has 4 unspecified atom stereocenters. The van der Waals surface area contributed by atoms with E-state index < -0.39 is 41.9 Å². The van der Waals surface area contributed by atoms with Gasteiger partial charge in [-0.25, -0.2) is 4.79 Å². The fourth-order valence-electron chi connectivity index (χ4n) is 1.96. The van der Waals surface area contributed by atoms with Crippen LogP contribution < -0.4 is 11.2 Å². The lowest BCUT2D eigenvalue weighted by molar-refractivity contribution is -0.0624. The third-order valence-corrected chi connectivity index (χ3v) is 3.04. The van der Waals surface area contributed by atoms with Crippen LogP contribution in [0.15, 0.2) is 21.9 Å². The Kier molecular flexibility index (Phi) is 3.30. The van der Waals surface area contributed by atoms with Gasteiger partial charge in [-0.05, 0) is 0 Å². The molecule has 1 aliphatic rings. The molecular formula is C11H12N2O6. The van der Waals surface area contributed by atoms with E-state index in [4.69, 9.17) is 16.3 Å². The molecule has 0 spiro atoms. The van der Waals surface area contributed by atoms with Crippen molar-refractivity contribution in [2.45, 2.75) is 24.0 Å². The van der Waals surface area contributed by atoms with E-state index in [1.807, 2.05) is 10.9 Å². The highest BCUT2D eigenvalue weighted by Gasteiger charge is 2.55. The first kappa shape index (κ1) is 13.5. The Bertz CT molecular complexity index is 629. The number of aromatic nitrogens is 2. The molecule has 0 radical (unpaired) electrons. The van der Waals surface area contributed by atoms with Crippen LogP contribution in [0.4, 0.5) is 0 Å². The summed E-state index contributed by atoms with van der Waals surface area (Å²) >= 11 is 0. The molecule has 1 saturated heterocycles. The number of hydrogen-bond acceptors (Lipinski definition) is 6. The number of hydrogen-bond donors (Lipinski definition) is 4. The van der Waals surface area contributed by atoms with Crippen LogP contribution in [0, 0.1) is 12.3 Å². The summed E-state index contributed by atoms with van der Waals surface area (Å²) in [5, 5.41) is 29.1. The lowest BCUT2D eigenvalue weighted by atomic mass is 9.93. The van der Waals surface area contributed by atoms with Gasteiger partial charge in [0.05, 0.1) is 6.61 Å². The zero-order chi connectivity index (χ0) is 14.2. The fraction of sp³-hybridized carbons (Fsp3) is 0.455. The summed E-state index contributed by atoms with van der Waals surface area (Å²) in [7, 11) is 0. The van der Waals surface area contributed by atoms with Gasteiger partial charge in [0.15, 0.2) is 11.8 Å². The molecule has 0 aromatic carbocycles. The second-order valence-corrected chi connectivity index (χ2v) is 4.13. The highest BCUT2D eigenvalue weighted by atomic mass is 16.6. The first-order chi connectivity index (χ1) is 8.93. The quantitative estimate of drug-likeness (QED) is 0.428. The van der Waals surface area contributed by atoms with Crippen LogP contribution in [0.2, 0.25) is 0 Å². The van der Waals surface area contributed by atoms with Crippen LogP contribution in [-0.4, -0.2) is 49.3 Å². The van der Waals surface area contributed by atoms with Gasteiger partial charge in [-0.15, -0.1) is 6.42 Å². The molecule has 0 aliphatic carbocycles. The number of ether oxygens (including phenoxy) is 1. The second kappa shape index (κ2) is 4.64. The Labute approximate surface area is 106 Å². The maximum Gasteiger partial charge on any atom is 0.330 e. The number of aromatic amines is 1. The van der Waals surface area contributed by atoms with Crippen molar-refractivity contribution in [3.8, 4) is 12.3 Å². The monoisotopic (exact) mass is 268 g/mol. The summed E-state index contributed by atoms with van der Waals surface area (Å²) in [5.41, 5.74) is -3.55. The van der Waals surface area contributed by atoms with Gasteiger partial charge in [-0.1, -0.05) is 5.92 Å². The molecule has 1 aromatic rings. The molecular weight excluding hydrogens is 256 g/mol.